The second-order valence-corrected chi connectivity index (χ2v) is 12.0. The number of hydrogen-bond acceptors (Lipinski definition) is 6. The van der Waals surface area contributed by atoms with Gasteiger partial charge >= 0.3 is 0 Å². The first-order valence-electron chi connectivity index (χ1n) is 10.4. The van der Waals surface area contributed by atoms with Gasteiger partial charge in [-0.2, -0.15) is 0 Å². The summed E-state index contributed by atoms with van der Waals surface area (Å²) in [6.07, 6.45) is 3.34. The molecule has 4 aromatic rings. The normalized spacial score (nSPS) is 19.6. The standard InChI is InChI=1S/C24H19NO2S4/c1-2-3-12-4-5-13(26)21(18-10-16-14(30-18)6-8-28-16)23-20(12)22(24(27)25-23)19-11-17-15(31-19)7-9-29-17/h6-12H,2-5H2,1H3,(H,25,27). The van der Waals surface area contributed by atoms with Crippen LogP contribution in [0.3, 0.4) is 0 Å². The summed E-state index contributed by atoms with van der Waals surface area (Å²) in [5.74, 6) is 0.302. The highest BCUT2D eigenvalue weighted by Crippen LogP contribution is 2.47. The van der Waals surface area contributed by atoms with Gasteiger partial charge in [0, 0.05) is 35.0 Å². The monoisotopic (exact) mass is 481 g/mol. The Morgan fingerprint density at radius 2 is 1.58 bits per heavy atom. The van der Waals surface area contributed by atoms with Crippen LogP contribution < -0.4 is 5.32 Å². The highest BCUT2D eigenvalue weighted by atomic mass is 32.1. The Hall–Kier alpha value is -2.06. The Morgan fingerprint density at radius 3 is 2.19 bits per heavy atom. The van der Waals surface area contributed by atoms with Crippen LogP contribution in [-0.4, -0.2) is 11.7 Å². The zero-order chi connectivity index (χ0) is 21.1. The molecule has 0 spiro atoms. The maximum Gasteiger partial charge on any atom is 0.257 e. The number of Topliss-reactive ketones (excluding diaryl/α,β-unsaturated/α-hetero) is 1. The Morgan fingerprint density at radius 1 is 0.935 bits per heavy atom. The number of carbonyl (C=O) groups is 2. The fourth-order valence-electron chi connectivity index (χ4n) is 4.73. The third-order valence-electron chi connectivity index (χ3n) is 6.07. The Kier molecular flexibility index (Phi) is 4.76. The number of nitrogens with one attached hydrogen (secondary N) is 1. The predicted molar refractivity (Wildman–Crippen MR) is 134 cm³/mol. The molecule has 2 aliphatic rings. The molecular weight excluding hydrogens is 463 g/mol. The van der Waals surface area contributed by atoms with Crippen LogP contribution in [0.25, 0.3) is 29.9 Å². The number of ketones is 1. The van der Waals surface area contributed by atoms with Gasteiger partial charge in [0.05, 0.1) is 16.8 Å². The van der Waals surface area contributed by atoms with Crippen molar-refractivity contribution < 1.29 is 9.59 Å². The Balaban J connectivity index is 1.61. The van der Waals surface area contributed by atoms with Crippen LogP contribution in [0.4, 0.5) is 0 Å². The number of rotatable bonds is 4. The van der Waals surface area contributed by atoms with Crippen LogP contribution in [-0.2, 0) is 9.59 Å². The van der Waals surface area contributed by atoms with Gasteiger partial charge in [0.25, 0.3) is 5.91 Å². The highest BCUT2D eigenvalue weighted by molar-refractivity contribution is 7.28. The minimum absolute atomic E-state index is 0.0643. The largest absolute Gasteiger partial charge is 0.321 e. The summed E-state index contributed by atoms with van der Waals surface area (Å²) in [6, 6.07) is 8.49. The van der Waals surface area contributed by atoms with Crippen molar-refractivity contribution in [2.75, 3.05) is 0 Å². The van der Waals surface area contributed by atoms with E-state index in [0.717, 1.165) is 45.9 Å². The lowest BCUT2D eigenvalue weighted by Gasteiger charge is -2.17. The van der Waals surface area contributed by atoms with E-state index in [1.165, 1.54) is 18.8 Å². The molecule has 1 unspecified atom stereocenters. The van der Waals surface area contributed by atoms with E-state index in [1.54, 1.807) is 45.3 Å². The van der Waals surface area contributed by atoms with Crippen LogP contribution in [0.5, 0.6) is 0 Å². The van der Waals surface area contributed by atoms with Crippen molar-refractivity contribution in [3.8, 4) is 0 Å². The summed E-state index contributed by atoms with van der Waals surface area (Å²) in [4.78, 5) is 28.6. The van der Waals surface area contributed by atoms with Gasteiger partial charge in [-0.05, 0) is 59.4 Å². The van der Waals surface area contributed by atoms with E-state index in [-0.39, 0.29) is 17.6 Å². The summed E-state index contributed by atoms with van der Waals surface area (Å²) >= 11 is 6.73. The highest BCUT2D eigenvalue weighted by Gasteiger charge is 2.39. The van der Waals surface area contributed by atoms with Crippen molar-refractivity contribution in [2.24, 2.45) is 5.92 Å². The number of allylic oxidation sites excluding steroid dienone is 2. The molecule has 1 atom stereocenters. The fraction of sp³-hybridized carbons (Fsp3) is 0.250. The fourth-order valence-corrected chi connectivity index (χ4v) is 9.07. The molecule has 0 bridgehead atoms. The van der Waals surface area contributed by atoms with Gasteiger partial charge in [0.2, 0.25) is 0 Å². The number of hydrogen-bond donors (Lipinski definition) is 1. The van der Waals surface area contributed by atoms with Crippen LogP contribution in [0.2, 0.25) is 0 Å². The zero-order valence-corrected chi connectivity index (χ0v) is 20.1. The van der Waals surface area contributed by atoms with Crippen LogP contribution in [0.15, 0.2) is 46.3 Å². The molecule has 4 aromatic heterocycles. The molecule has 1 amide bonds. The number of thiophene rings is 4. The van der Waals surface area contributed by atoms with E-state index in [1.807, 2.05) is 0 Å². The topological polar surface area (TPSA) is 46.2 Å². The summed E-state index contributed by atoms with van der Waals surface area (Å²) in [7, 11) is 0. The second kappa shape index (κ2) is 7.52. The molecule has 1 aliphatic heterocycles. The van der Waals surface area contributed by atoms with E-state index in [2.05, 4.69) is 47.3 Å². The molecule has 6 rings (SSSR count). The maximum absolute atomic E-state index is 13.3. The van der Waals surface area contributed by atoms with Crippen molar-refractivity contribution in [3.63, 3.8) is 0 Å². The molecule has 5 heterocycles. The molecule has 1 aliphatic carbocycles. The molecule has 0 saturated heterocycles. The van der Waals surface area contributed by atoms with E-state index in [9.17, 15) is 9.59 Å². The first-order chi connectivity index (χ1) is 15.1. The van der Waals surface area contributed by atoms with Gasteiger partial charge < -0.3 is 5.32 Å². The minimum Gasteiger partial charge on any atom is -0.321 e. The smallest absolute Gasteiger partial charge is 0.257 e. The Bertz CT molecular complexity index is 1370. The third kappa shape index (κ3) is 3.09. The SMILES string of the molecule is CCCC1CCC(=O)C(c2cc3sccc3s2)=C2NC(=O)C(c3cc4sccc4s3)=C21. The van der Waals surface area contributed by atoms with Gasteiger partial charge in [0.1, 0.15) is 0 Å². The third-order valence-corrected chi connectivity index (χ3v) is 10.3. The molecule has 1 N–H and O–H groups in total. The maximum atomic E-state index is 13.3. The molecule has 0 radical (unpaired) electrons. The van der Waals surface area contributed by atoms with Gasteiger partial charge in [-0.15, -0.1) is 45.3 Å². The lowest BCUT2D eigenvalue weighted by atomic mass is 9.87. The number of amides is 1. The molecule has 156 valence electrons. The molecular formula is C24H19NO2S4. The minimum atomic E-state index is -0.0643. The van der Waals surface area contributed by atoms with Gasteiger partial charge in [-0.1, -0.05) is 13.3 Å². The van der Waals surface area contributed by atoms with Gasteiger partial charge in [-0.25, -0.2) is 0 Å². The summed E-state index contributed by atoms with van der Waals surface area (Å²) < 4.78 is 4.83. The Labute approximate surface area is 195 Å². The van der Waals surface area contributed by atoms with Gasteiger partial charge in [-0.3, -0.25) is 9.59 Å². The van der Waals surface area contributed by atoms with E-state index >= 15 is 0 Å². The summed E-state index contributed by atoms with van der Waals surface area (Å²) in [5, 5.41) is 7.32. The first kappa shape index (κ1) is 19.6. The van der Waals surface area contributed by atoms with E-state index in [4.69, 9.17) is 0 Å². The van der Waals surface area contributed by atoms with Crippen molar-refractivity contribution in [1.29, 1.82) is 0 Å². The molecule has 0 saturated carbocycles. The second-order valence-electron chi connectivity index (χ2n) is 7.96. The number of carbonyl (C=O) groups excluding carboxylic acids is 2. The zero-order valence-electron chi connectivity index (χ0n) is 16.8. The van der Waals surface area contributed by atoms with E-state index in [0.29, 0.717) is 12.0 Å². The molecule has 7 heteroatoms. The van der Waals surface area contributed by atoms with Crippen molar-refractivity contribution in [1.82, 2.24) is 5.32 Å². The van der Waals surface area contributed by atoms with Crippen LogP contribution in [0, 0.1) is 5.92 Å². The van der Waals surface area contributed by atoms with Crippen LogP contribution in [0.1, 0.15) is 42.4 Å². The average molecular weight is 482 g/mol. The van der Waals surface area contributed by atoms with Crippen LogP contribution >= 0.6 is 45.3 Å². The first-order valence-corrected chi connectivity index (χ1v) is 13.8. The summed E-state index contributed by atoms with van der Waals surface area (Å²) in [6.45, 7) is 2.18. The van der Waals surface area contributed by atoms with Crippen molar-refractivity contribution in [2.45, 2.75) is 32.6 Å². The average Bonchev–Trinajstić information content (AvgIpc) is 3.50. The van der Waals surface area contributed by atoms with Crippen molar-refractivity contribution in [3.05, 3.63) is 56.1 Å². The number of fused-ring (bicyclic) bond motifs is 3. The predicted octanol–water partition coefficient (Wildman–Crippen LogP) is 7.31. The molecule has 0 fully saturated rings. The van der Waals surface area contributed by atoms with Gasteiger partial charge in [0.15, 0.2) is 5.78 Å². The molecule has 3 nitrogen and oxygen atoms in total. The summed E-state index contributed by atoms with van der Waals surface area (Å²) in [5.41, 5.74) is 3.33. The van der Waals surface area contributed by atoms with E-state index < -0.39 is 0 Å². The lowest BCUT2D eigenvalue weighted by molar-refractivity contribution is -0.114. The van der Waals surface area contributed by atoms with Crippen molar-refractivity contribution >= 4 is 87.0 Å². The molecule has 31 heavy (non-hydrogen) atoms. The lowest BCUT2D eigenvalue weighted by Crippen LogP contribution is -2.18. The quantitative estimate of drug-likeness (QED) is 0.332. The molecule has 0 aromatic carbocycles.